The van der Waals surface area contributed by atoms with E-state index >= 15 is 0 Å². The Balaban J connectivity index is 1.52. The lowest BCUT2D eigenvalue weighted by molar-refractivity contribution is -0.919. The van der Waals surface area contributed by atoms with Crippen LogP contribution in [-0.2, 0) is 0 Å². The minimum atomic E-state index is 1.09. The molecule has 1 saturated heterocycles. The van der Waals surface area contributed by atoms with Crippen LogP contribution in [0.25, 0.3) is 0 Å². The molecule has 0 aromatic rings. The summed E-state index contributed by atoms with van der Waals surface area (Å²) in [5, 5.41) is 0. The fraction of sp³-hybridized carbons (Fsp3) is 1.00. The molecular formula is C34H68N+. The molecule has 1 aliphatic carbocycles. The Morgan fingerprint density at radius 3 is 1.00 bits per heavy atom. The molecule has 1 heterocycles. The van der Waals surface area contributed by atoms with Crippen molar-refractivity contribution < 1.29 is 4.48 Å². The van der Waals surface area contributed by atoms with Crippen LogP contribution in [0.4, 0.5) is 0 Å². The first-order valence-corrected chi connectivity index (χ1v) is 17.1. The van der Waals surface area contributed by atoms with Crippen molar-refractivity contribution in [3.05, 3.63) is 0 Å². The van der Waals surface area contributed by atoms with Crippen LogP contribution in [0.1, 0.15) is 181 Å². The maximum absolute atomic E-state index is 2.33. The summed E-state index contributed by atoms with van der Waals surface area (Å²) in [6.07, 6.45) is 38.7. The van der Waals surface area contributed by atoms with Gasteiger partial charge in [0.2, 0.25) is 0 Å². The molecule has 1 nitrogen and oxygen atoms in total. The Morgan fingerprint density at radius 2 is 0.686 bits per heavy atom. The molecule has 0 radical (unpaired) electrons. The van der Waals surface area contributed by atoms with Crippen LogP contribution in [-0.4, -0.2) is 30.7 Å². The molecule has 1 saturated carbocycles. The van der Waals surface area contributed by atoms with E-state index in [0.717, 1.165) is 11.8 Å². The van der Waals surface area contributed by atoms with Gasteiger partial charge in [-0.25, -0.2) is 0 Å². The minimum absolute atomic E-state index is 1.09. The normalized spacial score (nSPS) is 21.4. The predicted molar refractivity (Wildman–Crippen MR) is 158 cm³/mol. The largest absolute Gasteiger partial charge is 0.323 e. The zero-order valence-corrected chi connectivity index (χ0v) is 24.8. The molecule has 208 valence electrons. The van der Waals surface area contributed by atoms with Crippen LogP contribution in [0.3, 0.4) is 0 Å². The number of nitrogens with zero attached hydrogens (tertiary/aromatic N) is 1. The van der Waals surface area contributed by atoms with Crippen molar-refractivity contribution in [1.82, 2.24) is 0 Å². The van der Waals surface area contributed by atoms with Gasteiger partial charge in [0.05, 0.1) is 26.2 Å². The Hall–Kier alpha value is -0.0400. The molecule has 2 atom stereocenters. The third-order valence-electron chi connectivity index (χ3n) is 9.78. The van der Waals surface area contributed by atoms with Crippen molar-refractivity contribution in [3.63, 3.8) is 0 Å². The highest BCUT2D eigenvalue weighted by molar-refractivity contribution is 4.81. The fourth-order valence-electron chi connectivity index (χ4n) is 7.53. The van der Waals surface area contributed by atoms with E-state index in [4.69, 9.17) is 0 Å². The highest BCUT2D eigenvalue weighted by Crippen LogP contribution is 2.40. The van der Waals surface area contributed by atoms with Crippen molar-refractivity contribution >= 4 is 0 Å². The standard InChI is InChI=1S/C34H68N/c1-3-5-7-9-11-13-14-15-16-17-18-20-22-26-30-35(29-25-21-19-12-10-8-6-4-2)31-33-27-23-24-28-34(33)32-35/h33-34H,3-32H2,1-2H3/q+1/t33-,34-/m0/s1. The van der Waals surface area contributed by atoms with Gasteiger partial charge in [-0.05, 0) is 38.5 Å². The number of fused-ring (bicyclic) bond motifs is 1. The third-order valence-corrected chi connectivity index (χ3v) is 9.78. The van der Waals surface area contributed by atoms with Gasteiger partial charge in [-0.1, -0.05) is 142 Å². The van der Waals surface area contributed by atoms with Crippen LogP contribution in [0.5, 0.6) is 0 Å². The smallest absolute Gasteiger partial charge is 0.0820 e. The van der Waals surface area contributed by atoms with Crippen LogP contribution >= 0.6 is 0 Å². The Morgan fingerprint density at radius 1 is 0.400 bits per heavy atom. The quantitative estimate of drug-likeness (QED) is 0.0931. The van der Waals surface area contributed by atoms with Crippen molar-refractivity contribution in [1.29, 1.82) is 0 Å². The first-order valence-electron chi connectivity index (χ1n) is 17.1. The first-order chi connectivity index (χ1) is 17.3. The molecule has 0 unspecified atom stereocenters. The topological polar surface area (TPSA) is 0 Å². The molecule has 0 aromatic carbocycles. The predicted octanol–water partition coefficient (Wildman–Crippen LogP) is 11.2. The summed E-state index contributed by atoms with van der Waals surface area (Å²) < 4.78 is 1.53. The van der Waals surface area contributed by atoms with Gasteiger partial charge in [0.25, 0.3) is 0 Å². The highest BCUT2D eigenvalue weighted by atomic mass is 15.4. The second kappa shape index (κ2) is 21.0. The highest BCUT2D eigenvalue weighted by Gasteiger charge is 2.44. The average molecular weight is 491 g/mol. The van der Waals surface area contributed by atoms with Gasteiger partial charge in [-0.2, -0.15) is 0 Å². The zero-order chi connectivity index (χ0) is 24.9. The number of hydrogen-bond acceptors (Lipinski definition) is 0. The van der Waals surface area contributed by atoms with Crippen LogP contribution in [0.15, 0.2) is 0 Å². The van der Waals surface area contributed by atoms with Crippen LogP contribution < -0.4 is 0 Å². The third kappa shape index (κ3) is 14.5. The number of hydrogen-bond donors (Lipinski definition) is 0. The molecule has 0 aromatic heterocycles. The number of unbranched alkanes of at least 4 members (excludes halogenated alkanes) is 20. The summed E-state index contributed by atoms with van der Waals surface area (Å²) in [5.41, 5.74) is 0. The molecule has 0 bridgehead atoms. The van der Waals surface area contributed by atoms with E-state index in [2.05, 4.69) is 13.8 Å². The second-order valence-electron chi connectivity index (χ2n) is 13.0. The molecule has 2 rings (SSSR count). The Kier molecular flexibility index (Phi) is 18.7. The van der Waals surface area contributed by atoms with E-state index in [1.54, 1.807) is 25.9 Å². The molecule has 1 aliphatic heterocycles. The maximum Gasteiger partial charge on any atom is 0.0820 e. The monoisotopic (exact) mass is 491 g/mol. The summed E-state index contributed by atoms with van der Waals surface area (Å²) in [4.78, 5) is 0. The summed E-state index contributed by atoms with van der Waals surface area (Å²) >= 11 is 0. The first kappa shape index (κ1) is 31.2. The zero-order valence-electron chi connectivity index (χ0n) is 24.8. The average Bonchev–Trinajstić information content (AvgIpc) is 3.24. The maximum atomic E-state index is 2.33. The molecular weight excluding hydrogens is 422 g/mol. The minimum Gasteiger partial charge on any atom is -0.323 e. The molecule has 2 fully saturated rings. The van der Waals surface area contributed by atoms with E-state index in [9.17, 15) is 0 Å². The van der Waals surface area contributed by atoms with Gasteiger partial charge in [-0.3, -0.25) is 0 Å². The van der Waals surface area contributed by atoms with E-state index < -0.39 is 0 Å². The second-order valence-corrected chi connectivity index (χ2v) is 13.0. The van der Waals surface area contributed by atoms with Crippen LogP contribution in [0.2, 0.25) is 0 Å². The lowest BCUT2D eigenvalue weighted by Crippen LogP contribution is -2.47. The Bertz CT molecular complexity index is 444. The van der Waals surface area contributed by atoms with Crippen molar-refractivity contribution in [2.75, 3.05) is 26.2 Å². The molecule has 35 heavy (non-hydrogen) atoms. The lowest BCUT2D eigenvalue weighted by atomic mass is 9.82. The van der Waals surface area contributed by atoms with Crippen LogP contribution in [0, 0.1) is 11.8 Å². The SMILES string of the molecule is CCCCCCCCCCCCCCCC[N+]1(CCCCCCCCCC)C[C@@H]2CCCC[C@H]2C1. The Labute approximate surface area is 223 Å². The van der Waals surface area contributed by atoms with E-state index in [0.29, 0.717) is 0 Å². The number of quaternary nitrogens is 1. The van der Waals surface area contributed by atoms with Gasteiger partial charge in [-0.15, -0.1) is 0 Å². The molecule has 0 amide bonds. The lowest BCUT2D eigenvalue weighted by Gasteiger charge is -2.35. The molecule has 2 aliphatic rings. The number of likely N-dealkylation sites (tertiary alicyclic amines) is 1. The fourth-order valence-corrected chi connectivity index (χ4v) is 7.53. The van der Waals surface area contributed by atoms with E-state index in [1.807, 2.05) is 0 Å². The molecule has 0 spiro atoms. The van der Waals surface area contributed by atoms with Gasteiger partial charge in [0.15, 0.2) is 0 Å². The summed E-state index contributed by atoms with van der Waals surface area (Å²) in [7, 11) is 0. The van der Waals surface area contributed by atoms with Gasteiger partial charge >= 0.3 is 0 Å². The van der Waals surface area contributed by atoms with E-state index in [-0.39, 0.29) is 0 Å². The van der Waals surface area contributed by atoms with Crippen molar-refractivity contribution in [2.45, 2.75) is 181 Å². The summed E-state index contributed by atoms with van der Waals surface area (Å²) in [6, 6.07) is 0. The van der Waals surface area contributed by atoms with Crippen molar-refractivity contribution in [3.8, 4) is 0 Å². The molecule has 0 N–H and O–H groups in total. The van der Waals surface area contributed by atoms with Crippen molar-refractivity contribution in [2.24, 2.45) is 11.8 Å². The van der Waals surface area contributed by atoms with Gasteiger partial charge < -0.3 is 4.48 Å². The van der Waals surface area contributed by atoms with E-state index in [1.165, 1.54) is 172 Å². The number of rotatable bonds is 24. The summed E-state index contributed by atoms with van der Waals surface area (Å²) in [6.45, 7) is 10.8. The summed E-state index contributed by atoms with van der Waals surface area (Å²) in [5.74, 6) is 2.17. The van der Waals surface area contributed by atoms with Gasteiger partial charge in [0, 0.05) is 11.8 Å². The molecule has 1 heteroatoms. The van der Waals surface area contributed by atoms with Gasteiger partial charge in [0.1, 0.15) is 0 Å².